The lowest BCUT2D eigenvalue weighted by Crippen LogP contribution is -2.27. The number of aromatic nitrogens is 3. The molecule has 0 aliphatic carbocycles. The third-order valence-electron chi connectivity index (χ3n) is 5.03. The summed E-state index contributed by atoms with van der Waals surface area (Å²) >= 11 is 0. The highest BCUT2D eigenvalue weighted by molar-refractivity contribution is 5.95. The van der Waals surface area contributed by atoms with Crippen LogP contribution in [0.15, 0.2) is 73.1 Å². The Morgan fingerprint density at radius 2 is 1.79 bits per heavy atom. The Morgan fingerprint density at radius 1 is 1.03 bits per heavy atom. The van der Waals surface area contributed by atoms with Crippen molar-refractivity contribution in [2.75, 3.05) is 7.05 Å². The number of hydrogen-bond donors (Lipinski definition) is 0. The van der Waals surface area contributed by atoms with Crippen LogP contribution in [0.25, 0.3) is 16.6 Å². The van der Waals surface area contributed by atoms with Gasteiger partial charge in [0.05, 0.1) is 17.5 Å². The van der Waals surface area contributed by atoms with Gasteiger partial charge in [-0.3, -0.25) is 4.79 Å². The number of nitrogens with zero attached hydrogens (tertiary/aromatic N) is 4. The first-order chi connectivity index (χ1) is 14.0. The van der Waals surface area contributed by atoms with E-state index in [0.717, 1.165) is 11.3 Å². The number of rotatable bonds is 5. The fourth-order valence-corrected chi connectivity index (χ4v) is 3.63. The molecule has 0 unspecified atom stereocenters. The molecule has 0 fully saturated rings. The van der Waals surface area contributed by atoms with Gasteiger partial charge in [0, 0.05) is 19.8 Å². The van der Waals surface area contributed by atoms with Crippen molar-refractivity contribution >= 4 is 16.7 Å². The number of benzene rings is 2. The summed E-state index contributed by atoms with van der Waals surface area (Å²) < 4.78 is 1.77. The minimum absolute atomic E-state index is 0.0379. The van der Waals surface area contributed by atoms with Gasteiger partial charge in [0.15, 0.2) is 5.82 Å². The van der Waals surface area contributed by atoms with Gasteiger partial charge in [0.25, 0.3) is 5.91 Å². The van der Waals surface area contributed by atoms with Gasteiger partial charge in [-0.15, -0.1) is 0 Å². The van der Waals surface area contributed by atoms with Crippen molar-refractivity contribution in [1.82, 2.24) is 19.7 Å². The van der Waals surface area contributed by atoms with Gasteiger partial charge in [-0.1, -0.05) is 56.3 Å². The first-order valence-electron chi connectivity index (χ1n) is 9.77. The zero-order valence-electron chi connectivity index (χ0n) is 16.9. The fourth-order valence-electron chi connectivity index (χ4n) is 3.63. The third kappa shape index (κ3) is 3.76. The fraction of sp³-hybridized carbons (Fsp3) is 0.208. The van der Waals surface area contributed by atoms with E-state index in [1.54, 1.807) is 22.0 Å². The number of pyridine rings is 1. The molecule has 5 heteroatoms. The van der Waals surface area contributed by atoms with E-state index in [2.05, 4.69) is 54.3 Å². The maximum Gasteiger partial charge on any atom is 0.257 e. The zero-order chi connectivity index (χ0) is 20.4. The second kappa shape index (κ2) is 7.87. The van der Waals surface area contributed by atoms with Crippen molar-refractivity contribution in [2.24, 2.45) is 0 Å². The molecule has 4 aromatic rings. The lowest BCUT2D eigenvalue weighted by Gasteiger charge is -2.19. The number of fused-ring (bicyclic) bond motifs is 1. The van der Waals surface area contributed by atoms with Crippen molar-refractivity contribution in [1.29, 1.82) is 0 Å². The molecular formula is C24H24N4O. The van der Waals surface area contributed by atoms with Crippen LogP contribution in [0, 0.1) is 0 Å². The molecule has 0 aliphatic rings. The Balaban J connectivity index is 1.62. The van der Waals surface area contributed by atoms with Crippen LogP contribution in [-0.4, -0.2) is 32.6 Å². The second-order valence-electron chi connectivity index (χ2n) is 7.54. The molecular weight excluding hydrogens is 360 g/mol. The first-order valence-corrected chi connectivity index (χ1v) is 9.77. The van der Waals surface area contributed by atoms with Crippen LogP contribution in [0.1, 0.15) is 41.4 Å². The summed E-state index contributed by atoms with van der Waals surface area (Å²) in [6, 6.07) is 20.2. The summed E-state index contributed by atoms with van der Waals surface area (Å²) in [7, 11) is 1.83. The number of hydrogen-bond acceptors (Lipinski definition) is 3. The third-order valence-corrected chi connectivity index (χ3v) is 5.03. The van der Waals surface area contributed by atoms with Gasteiger partial charge in [-0.05, 0) is 40.5 Å². The van der Waals surface area contributed by atoms with E-state index in [9.17, 15) is 4.79 Å². The topological polar surface area (TPSA) is 51.0 Å². The second-order valence-corrected chi connectivity index (χ2v) is 7.54. The van der Waals surface area contributed by atoms with Gasteiger partial charge in [0.2, 0.25) is 0 Å². The van der Waals surface area contributed by atoms with Crippen LogP contribution >= 0.6 is 0 Å². The van der Waals surface area contributed by atoms with Crippen LogP contribution < -0.4 is 0 Å². The monoisotopic (exact) mass is 384 g/mol. The molecule has 2 aromatic carbocycles. The highest BCUT2D eigenvalue weighted by Gasteiger charge is 2.23. The standard InChI is InChI=1S/C24H24N4O/c1-17(2)23-21(15-26-28(23)22-10-6-7-13-25-22)24(29)27(3)16-18-11-12-19-8-4-5-9-20(19)14-18/h4-15,17H,16H2,1-3H3. The highest BCUT2D eigenvalue weighted by Crippen LogP contribution is 2.24. The molecule has 4 rings (SSSR count). The van der Waals surface area contributed by atoms with Crippen molar-refractivity contribution in [2.45, 2.75) is 26.3 Å². The average molecular weight is 384 g/mol. The van der Waals surface area contributed by atoms with Gasteiger partial charge in [-0.2, -0.15) is 5.10 Å². The van der Waals surface area contributed by atoms with E-state index < -0.39 is 0 Å². The summed E-state index contributed by atoms with van der Waals surface area (Å²) in [5.41, 5.74) is 2.59. The quantitative estimate of drug-likeness (QED) is 0.496. The van der Waals surface area contributed by atoms with E-state index in [1.807, 2.05) is 37.4 Å². The van der Waals surface area contributed by atoms with Crippen molar-refractivity contribution in [3.8, 4) is 5.82 Å². The number of carbonyl (C=O) groups excluding carboxylic acids is 1. The van der Waals surface area contributed by atoms with Crippen molar-refractivity contribution in [3.05, 3.63) is 89.9 Å². The van der Waals surface area contributed by atoms with Gasteiger partial charge < -0.3 is 4.90 Å². The molecule has 2 heterocycles. The molecule has 1 amide bonds. The molecule has 0 aliphatic heterocycles. The van der Waals surface area contributed by atoms with Crippen LogP contribution in [0.4, 0.5) is 0 Å². The van der Waals surface area contributed by atoms with Crippen LogP contribution in [-0.2, 0) is 6.54 Å². The molecule has 0 saturated carbocycles. The Kier molecular flexibility index (Phi) is 5.12. The molecule has 0 bridgehead atoms. The van der Waals surface area contributed by atoms with E-state index >= 15 is 0 Å². The molecule has 5 nitrogen and oxygen atoms in total. The van der Waals surface area contributed by atoms with Crippen molar-refractivity contribution < 1.29 is 4.79 Å². The van der Waals surface area contributed by atoms with Crippen LogP contribution in [0.2, 0.25) is 0 Å². The Hall–Kier alpha value is -3.47. The van der Waals surface area contributed by atoms with Crippen LogP contribution in [0.5, 0.6) is 0 Å². The maximum atomic E-state index is 13.2. The Bertz CT molecular complexity index is 1150. The SMILES string of the molecule is CC(C)c1c(C(=O)N(C)Cc2ccc3ccccc3c2)cnn1-c1ccccn1. The first kappa shape index (κ1) is 18.9. The molecule has 29 heavy (non-hydrogen) atoms. The lowest BCUT2D eigenvalue weighted by molar-refractivity contribution is 0.0783. The zero-order valence-corrected chi connectivity index (χ0v) is 16.9. The molecule has 0 atom stereocenters. The van der Waals surface area contributed by atoms with E-state index in [0.29, 0.717) is 17.9 Å². The minimum atomic E-state index is -0.0379. The summed E-state index contributed by atoms with van der Waals surface area (Å²) in [5, 5.41) is 6.84. The van der Waals surface area contributed by atoms with E-state index in [1.165, 1.54) is 10.8 Å². The molecule has 0 N–H and O–H groups in total. The molecule has 2 aromatic heterocycles. The van der Waals surface area contributed by atoms with Crippen molar-refractivity contribution in [3.63, 3.8) is 0 Å². The van der Waals surface area contributed by atoms with Gasteiger partial charge in [-0.25, -0.2) is 9.67 Å². The molecule has 0 radical (unpaired) electrons. The largest absolute Gasteiger partial charge is 0.337 e. The lowest BCUT2D eigenvalue weighted by atomic mass is 10.0. The summed E-state index contributed by atoms with van der Waals surface area (Å²) in [5.74, 6) is 0.809. The predicted molar refractivity (Wildman–Crippen MR) is 115 cm³/mol. The van der Waals surface area contributed by atoms with Gasteiger partial charge >= 0.3 is 0 Å². The van der Waals surface area contributed by atoms with E-state index in [-0.39, 0.29) is 11.8 Å². The predicted octanol–water partition coefficient (Wildman–Crippen LogP) is 4.82. The van der Waals surface area contributed by atoms with Crippen LogP contribution in [0.3, 0.4) is 0 Å². The summed E-state index contributed by atoms with van der Waals surface area (Å²) in [4.78, 5) is 19.4. The van der Waals surface area contributed by atoms with E-state index in [4.69, 9.17) is 0 Å². The number of carbonyl (C=O) groups is 1. The Labute approximate surface area is 170 Å². The highest BCUT2D eigenvalue weighted by atomic mass is 16.2. The molecule has 146 valence electrons. The molecule has 0 spiro atoms. The smallest absolute Gasteiger partial charge is 0.257 e. The maximum absolute atomic E-state index is 13.2. The average Bonchev–Trinajstić information content (AvgIpc) is 3.19. The van der Waals surface area contributed by atoms with Gasteiger partial charge in [0.1, 0.15) is 0 Å². The number of amides is 1. The Morgan fingerprint density at radius 3 is 2.52 bits per heavy atom. The minimum Gasteiger partial charge on any atom is -0.337 e. The summed E-state index contributed by atoms with van der Waals surface area (Å²) in [6.45, 7) is 4.67. The molecule has 0 saturated heterocycles. The summed E-state index contributed by atoms with van der Waals surface area (Å²) in [6.07, 6.45) is 3.39. The normalized spacial score (nSPS) is 11.2.